The number of nitrogens with one attached hydrogen (secondary N) is 2. The van der Waals surface area contributed by atoms with Gasteiger partial charge in [-0.15, -0.1) is 12.4 Å². The zero-order valence-corrected chi connectivity index (χ0v) is 13.5. The third-order valence-electron chi connectivity index (χ3n) is 3.25. The average Bonchev–Trinajstić information content (AvgIpc) is 2.80. The number of carbonyl (C=O) groups is 1. The first kappa shape index (κ1) is 17.2. The summed E-state index contributed by atoms with van der Waals surface area (Å²) < 4.78 is 1.68. The molecule has 0 radical (unpaired) electrons. The lowest BCUT2D eigenvalue weighted by Gasteiger charge is -2.16. The van der Waals surface area contributed by atoms with Gasteiger partial charge in [0.25, 0.3) is 0 Å². The molecule has 1 atom stereocenters. The van der Waals surface area contributed by atoms with E-state index in [1.165, 1.54) is 5.56 Å². The average molecular weight is 309 g/mol. The Labute approximate surface area is 131 Å². The van der Waals surface area contributed by atoms with E-state index in [-0.39, 0.29) is 18.3 Å². The van der Waals surface area contributed by atoms with Gasteiger partial charge < -0.3 is 10.6 Å². The van der Waals surface area contributed by atoms with Crippen molar-refractivity contribution in [1.29, 1.82) is 0 Å². The van der Waals surface area contributed by atoms with Crippen LogP contribution in [0.1, 0.15) is 22.7 Å². The highest BCUT2D eigenvalue weighted by Crippen LogP contribution is 2.19. The molecule has 0 bridgehead atoms. The van der Waals surface area contributed by atoms with E-state index in [0.29, 0.717) is 0 Å². The van der Waals surface area contributed by atoms with Gasteiger partial charge in [0.2, 0.25) is 5.91 Å². The Balaban J connectivity index is 0.00000220. The van der Waals surface area contributed by atoms with Gasteiger partial charge in [0.1, 0.15) is 6.04 Å². The number of anilines is 1. The lowest BCUT2D eigenvalue weighted by Crippen LogP contribution is -2.30. The van der Waals surface area contributed by atoms with Gasteiger partial charge in [-0.3, -0.25) is 9.48 Å². The maximum absolute atomic E-state index is 12.4. The summed E-state index contributed by atoms with van der Waals surface area (Å²) in [7, 11) is 3.59. The fraction of sp³-hybridized carbons (Fsp3) is 0.333. The molecule has 5 nitrogen and oxygen atoms in total. The number of amides is 1. The third-order valence-corrected chi connectivity index (χ3v) is 3.25. The molecular formula is C15H21ClN4O. The van der Waals surface area contributed by atoms with Gasteiger partial charge in [-0.1, -0.05) is 17.7 Å². The van der Waals surface area contributed by atoms with Crippen molar-refractivity contribution >= 4 is 24.0 Å². The van der Waals surface area contributed by atoms with Crippen LogP contribution < -0.4 is 10.6 Å². The molecule has 0 aliphatic carbocycles. The molecule has 2 N–H and O–H groups in total. The van der Waals surface area contributed by atoms with Crippen LogP contribution in [0, 0.1) is 13.8 Å². The van der Waals surface area contributed by atoms with Crippen LogP contribution in [0.4, 0.5) is 5.69 Å². The van der Waals surface area contributed by atoms with Crippen molar-refractivity contribution in [2.75, 3.05) is 12.4 Å². The first-order valence-corrected chi connectivity index (χ1v) is 6.55. The summed E-state index contributed by atoms with van der Waals surface area (Å²) in [5.41, 5.74) is 3.92. The van der Waals surface area contributed by atoms with E-state index >= 15 is 0 Å². The number of aromatic nitrogens is 2. The van der Waals surface area contributed by atoms with Crippen LogP contribution in [0.5, 0.6) is 0 Å². The normalized spacial score (nSPS) is 11.6. The number of carbonyl (C=O) groups excluding carboxylic acids is 1. The second-order valence-corrected chi connectivity index (χ2v) is 4.98. The van der Waals surface area contributed by atoms with Crippen molar-refractivity contribution < 1.29 is 4.79 Å². The molecule has 0 aliphatic rings. The van der Waals surface area contributed by atoms with Gasteiger partial charge in [-0.05, 0) is 32.5 Å². The molecule has 2 rings (SSSR count). The minimum atomic E-state index is -0.413. The van der Waals surface area contributed by atoms with E-state index < -0.39 is 6.04 Å². The Bertz CT molecular complexity index is 624. The summed E-state index contributed by atoms with van der Waals surface area (Å²) in [6, 6.07) is 5.55. The smallest absolute Gasteiger partial charge is 0.246 e. The number of benzene rings is 1. The number of halogens is 1. The molecule has 21 heavy (non-hydrogen) atoms. The maximum atomic E-state index is 12.4. The fourth-order valence-corrected chi connectivity index (χ4v) is 2.20. The van der Waals surface area contributed by atoms with E-state index in [1.807, 2.05) is 45.3 Å². The predicted molar refractivity (Wildman–Crippen MR) is 86.8 cm³/mol. The predicted octanol–water partition coefficient (Wildman–Crippen LogP) is 2.36. The fourth-order valence-electron chi connectivity index (χ4n) is 2.20. The number of nitrogens with zero attached hydrogens (tertiary/aromatic N) is 2. The van der Waals surface area contributed by atoms with Gasteiger partial charge in [0, 0.05) is 24.5 Å². The topological polar surface area (TPSA) is 59.0 Å². The van der Waals surface area contributed by atoms with Crippen LogP contribution in [0.25, 0.3) is 0 Å². The summed E-state index contributed by atoms with van der Waals surface area (Å²) >= 11 is 0. The number of likely N-dealkylation sites (N-methyl/N-ethyl adjacent to an activating group) is 1. The minimum absolute atomic E-state index is 0. The SMILES string of the molecule is CNC(C(=O)Nc1ccc(C)cc1C)c1cnn(C)c1.Cl. The summed E-state index contributed by atoms with van der Waals surface area (Å²) in [5.74, 6) is -0.0903. The van der Waals surface area contributed by atoms with Crippen molar-refractivity contribution in [1.82, 2.24) is 15.1 Å². The van der Waals surface area contributed by atoms with Crippen molar-refractivity contribution in [3.63, 3.8) is 0 Å². The summed E-state index contributed by atoms with van der Waals surface area (Å²) in [6.45, 7) is 4.02. The molecule has 1 amide bonds. The number of hydrogen-bond acceptors (Lipinski definition) is 3. The summed E-state index contributed by atoms with van der Waals surface area (Å²) in [6.07, 6.45) is 3.53. The standard InChI is InChI=1S/C15H20N4O.ClH/c1-10-5-6-13(11(2)7-10)18-15(20)14(16-3)12-8-17-19(4)9-12;/h5-9,14,16H,1-4H3,(H,18,20);1H. The van der Waals surface area contributed by atoms with E-state index in [0.717, 1.165) is 16.8 Å². The number of rotatable bonds is 4. The lowest BCUT2D eigenvalue weighted by molar-refractivity contribution is -0.118. The van der Waals surface area contributed by atoms with E-state index in [4.69, 9.17) is 0 Å². The van der Waals surface area contributed by atoms with E-state index in [1.54, 1.807) is 17.9 Å². The zero-order valence-electron chi connectivity index (χ0n) is 12.7. The lowest BCUT2D eigenvalue weighted by atomic mass is 10.1. The molecule has 1 aromatic carbocycles. The van der Waals surface area contributed by atoms with Gasteiger partial charge in [-0.25, -0.2) is 0 Å². The Morgan fingerprint density at radius 1 is 1.33 bits per heavy atom. The minimum Gasteiger partial charge on any atom is -0.324 e. The molecule has 1 unspecified atom stereocenters. The van der Waals surface area contributed by atoms with Crippen LogP contribution in [0.3, 0.4) is 0 Å². The Kier molecular flexibility index (Phi) is 5.93. The van der Waals surface area contributed by atoms with Gasteiger partial charge in [-0.2, -0.15) is 5.10 Å². The number of hydrogen-bond donors (Lipinski definition) is 2. The first-order chi connectivity index (χ1) is 9.51. The highest BCUT2D eigenvalue weighted by Gasteiger charge is 2.20. The molecular weight excluding hydrogens is 288 g/mol. The summed E-state index contributed by atoms with van der Waals surface area (Å²) in [4.78, 5) is 12.4. The maximum Gasteiger partial charge on any atom is 0.246 e. The van der Waals surface area contributed by atoms with E-state index in [2.05, 4.69) is 15.7 Å². The molecule has 114 valence electrons. The first-order valence-electron chi connectivity index (χ1n) is 6.55. The van der Waals surface area contributed by atoms with Gasteiger partial charge in [0.15, 0.2) is 0 Å². The largest absolute Gasteiger partial charge is 0.324 e. The molecule has 0 saturated carbocycles. The van der Waals surface area contributed by atoms with Crippen molar-refractivity contribution in [3.8, 4) is 0 Å². The molecule has 6 heteroatoms. The third kappa shape index (κ3) is 4.06. The van der Waals surface area contributed by atoms with Crippen molar-refractivity contribution in [3.05, 3.63) is 47.3 Å². The molecule has 0 saturated heterocycles. The quantitative estimate of drug-likeness (QED) is 0.911. The molecule has 0 aliphatic heterocycles. The Morgan fingerprint density at radius 3 is 2.57 bits per heavy atom. The highest BCUT2D eigenvalue weighted by atomic mass is 35.5. The zero-order chi connectivity index (χ0) is 14.7. The highest BCUT2D eigenvalue weighted by molar-refractivity contribution is 5.96. The molecule has 1 aromatic heterocycles. The summed E-state index contributed by atoms with van der Waals surface area (Å²) in [5, 5.41) is 10.1. The van der Waals surface area contributed by atoms with Crippen molar-refractivity contribution in [2.45, 2.75) is 19.9 Å². The Hall–Kier alpha value is -1.85. The van der Waals surface area contributed by atoms with Gasteiger partial charge in [0.05, 0.1) is 6.20 Å². The second kappa shape index (κ2) is 7.24. The van der Waals surface area contributed by atoms with Crippen LogP contribution in [0.15, 0.2) is 30.6 Å². The van der Waals surface area contributed by atoms with Crippen molar-refractivity contribution in [2.24, 2.45) is 7.05 Å². The second-order valence-electron chi connectivity index (χ2n) is 4.98. The Morgan fingerprint density at radius 2 is 2.05 bits per heavy atom. The monoisotopic (exact) mass is 308 g/mol. The van der Waals surface area contributed by atoms with Gasteiger partial charge >= 0.3 is 0 Å². The van der Waals surface area contributed by atoms with Crippen LogP contribution >= 0.6 is 12.4 Å². The van der Waals surface area contributed by atoms with E-state index in [9.17, 15) is 4.79 Å². The molecule has 0 fully saturated rings. The van der Waals surface area contributed by atoms with Crippen LogP contribution in [-0.2, 0) is 11.8 Å². The molecule has 2 aromatic rings. The van der Waals surface area contributed by atoms with Crippen LogP contribution in [-0.4, -0.2) is 22.7 Å². The van der Waals surface area contributed by atoms with Crippen LogP contribution in [0.2, 0.25) is 0 Å². The molecule has 1 heterocycles. The molecule has 0 spiro atoms. The number of aryl methyl sites for hydroxylation is 3.